The van der Waals surface area contributed by atoms with Crippen molar-refractivity contribution in [3.05, 3.63) is 0 Å². The molecule has 1 fully saturated rings. The van der Waals surface area contributed by atoms with Gasteiger partial charge >= 0.3 is 0 Å². The van der Waals surface area contributed by atoms with E-state index in [1.807, 2.05) is 0 Å². The highest BCUT2D eigenvalue weighted by Gasteiger charge is 2.29. The summed E-state index contributed by atoms with van der Waals surface area (Å²) in [6, 6.07) is 0. The Morgan fingerprint density at radius 3 is 2.15 bits per heavy atom. The van der Waals surface area contributed by atoms with Crippen molar-refractivity contribution < 1.29 is 0 Å². The zero-order valence-electron chi connectivity index (χ0n) is 9.31. The lowest BCUT2D eigenvalue weighted by molar-refractivity contribution is 0.247. The van der Waals surface area contributed by atoms with Crippen LogP contribution < -0.4 is 5.73 Å². The van der Waals surface area contributed by atoms with E-state index in [0.29, 0.717) is 0 Å². The predicted octanol–water partition coefficient (Wildman–Crippen LogP) is 3.47. The normalized spacial score (nSPS) is 25.2. The van der Waals surface area contributed by atoms with E-state index in [9.17, 15) is 0 Å². The van der Waals surface area contributed by atoms with Crippen LogP contribution in [0.5, 0.6) is 0 Å². The second-order valence-corrected chi connectivity index (χ2v) is 4.94. The minimum Gasteiger partial charge on any atom is -0.325 e. The van der Waals surface area contributed by atoms with Crippen LogP contribution in [0.2, 0.25) is 0 Å². The summed E-state index contributed by atoms with van der Waals surface area (Å²) in [4.78, 5) is 0. The van der Waals surface area contributed by atoms with Crippen LogP contribution in [0.1, 0.15) is 65.2 Å². The number of rotatable bonds is 3. The van der Waals surface area contributed by atoms with Gasteiger partial charge in [0.25, 0.3) is 0 Å². The minimum absolute atomic E-state index is 0.110. The lowest BCUT2D eigenvalue weighted by atomic mass is 9.78. The molecule has 0 bridgehead atoms. The number of hydrogen-bond acceptors (Lipinski definition) is 1. The molecule has 0 radical (unpaired) electrons. The van der Waals surface area contributed by atoms with E-state index < -0.39 is 0 Å². The van der Waals surface area contributed by atoms with Crippen molar-refractivity contribution >= 4 is 0 Å². The van der Waals surface area contributed by atoms with E-state index in [0.717, 1.165) is 5.92 Å². The second-order valence-electron chi connectivity index (χ2n) is 4.94. The molecule has 0 aliphatic heterocycles. The SMILES string of the molecule is CCCC(C)(N)C1CCCCCC1. The van der Waals surface area contributed by atoms with Gasteiger partial charge in [0.2, 0.25) is 0 Å². The molecule has 0 spiro atoms. The van der Waals surface area contributed by atoms with Crippen LogP contribution in [0, 0.1) is 5.92 Å². The first kappa shape index (κ1) is 11.0. The molecule has 1 saturated carbocycles. The zero-order valence-corrected chi connectivity index (χ0v) is 9.31. The Morgan fingerprint density at radius 2 is 1.69 bits per heavy atom. The van der Waals surface area contributed by atoms with Gasteiger partial charge in [-0.05, 0) is 32.1 Å². The van der Waals surface area contributed by atoms with Gasteiger partial charge in [-0.3, -0.25) is 0 Å². The molecular formula is C12H25N. The smallest absolute Gasteiger partial charge is 0.0154 e. The van der Waals surface area contributed by atoms with Gasteiger partial charge in [-0.15, -0.1) is 0 Å². The Bertz CT molecular complexity index is 132. The Labute approximate surface area is 83.1 Å². The van der Waals surface area contributed by atoms with Gasteiger partial charge in [0.1, 0.15) is 0 Å². The fraction of sp³-hybridized carbons (Fsp3) is 1.00. The van der Waals surface area contributed by atoms with Gasteiger partial charge in [0.15, 0.2) is 0 Å². The summed E-state index contributed by atoms with van der Waals surface area (Å²) in [5.41, 5.74) is 6.48. The molecule has 0 aromatic carbocycles. The Balaban J connectivity index is 2.46. The van der Waals surface area contributed by atoms with Gasteiger partial charge in [0, 0.05) is 5.54 Å². The van der Waals surface area contributed by atoms with Crippen molar-refractivity contribution in [2.45, 2.75) is 70.8 Å². The third-order valence-electron chi connectivity index (χ3n) is 3.58. The summed E-state index contributed by atoms with van der Waals surface area (Å²) >= 11 is 0. The molecule has 1 aliphatic rings. The Kier molecular flexibility index (Phi) is 4.24. The maximum absolute atomic E-state index is 6.37. The molecule has 0 aromatic heterocycles. The maximum Gasteiger partial charge on any atom is 0.0154 e. The molecule has 1 atom stereocenters. The summed E-state index contributed by atoms with van der Waals surface area (Å²) in [7, 11) is 0. The van der Waals surface area contributed by atoms with Crippen LogP contribution in [-0.2, 0) is 0 Å². The van der Waals surface area contributed by atoms with Gasteiger partial charge < -0.3 is 5.73 Å². The van der Waals surface area contributed by atoms with E-state index in [2.05, 4.69) is 13.8 Å². The molecule has 0 saturated heterocycles. The second kappa shape index (κ2) is 4.99. The van der Waals surface area contributed by atoms with Crippen molar-refractivity contribution in [1.29, 1.82) is 0 Å². The maximum atomic E-state index is 6.37. The van der Waals surface area contributed by atoms with Crippen LogP contribution in [0.4, 0.5) is 0 Å². The van der Waals surface area contributed by atoms with Crippen molar-refractivity contribution in [2.24, 2.45) is 11.7 Å². The highest BCUT2D eigenvalue weighted by atomic mass is 14.7. The fourth-order valence-electron chi connectivity index (χ4n) is 2.68. The molecule has 1 unspecified atom stereocenters. The number of nitrogens with two attached hydrogens (primary N) is 1. The third kappa shape index (κ3) is 3.30. The molecule has 1 aliphatic carbocycles. The molecule has 0 heterocycles. The third-order valence-corrected chi connectivity index (χ3v) is 3.58. The summed E-state index contributed by atoms with van der Waals surface area (Å²) in [6.45, 7) is 4.49. The van der Waals surface area contributed by atoms with Gasteiger partial charge in [-0.1, -0.05) is 39.0 Å². The van der Waals surface area contributed by atoms with Gasteiger partial charge in [-0.25, -0.2) is 0 Å². The van der Waals surface area contributed by atoms with Crippen LogP contribution in [0.15, 0.2) is 0 Å². The molecule has 13 heavy (non-hydrogen) atoms. The molecule has 1 heteroatoms. The summed E-state index contributed by atoms with van der Waals surface area (Å²) in [5, 5.41) is 0. The Hall–Kier alpha value is -0.0400. The molecule has 0 aromatic rings. The Morgan fingerprint density at radius 1 is 1.15 bits per heavy atom. The molecule has 1 rings (SSSR count). The van der Waals surface area contributed by atoms with Gasteiger partial charge in [0.05, 0.1) is 0 Å². The van der Waals surface area contributed by atoms with Crippen molar-refractivity contribution in [1.82, 2.24) is 0 Å². The highest BCUT2D eigenvalue weighted by Crippen LogP contribution is 2.32. The standard InChI is InChI=1S/C12H25N/c1-3-10-12(2,13)11-8-6-4-5-7-9-11/h11H,3-10,13H2,1-2H3. The summed E-state index contributed by atoms with van der Waals surface area (Å²) < 4.78 is 0. The summed E-state index contributed by atoms with van der Waals surface area (Å²) in [5.74, 6) is 0.787. The molecule has 2 N–H and O–H groups in total. The van der Waals surface area contributed by atoms with Crippen LogP contribution in [0.3, 0.4) is 0 Å². The molecular weight excluding hydrogens is 158 g/mol. The monoisotopic (exact) mass is 183 g/mol. The average molecular weight is 183 g/mol. The average Bonchev–Trinajstić information content (AvgIpc) is 2.31. The molecule has 78 valence electrons. The van der Waals surface area contributed by atoms with E-state index in [1.54, 1.807) is 0 Å². The first-order chi connectivity index (χ1) is 6.17. The van der Waals surface area contributed by atoms with Crippen molar-refractivity contribution in [3.63, 3.8) is 0 Å². The van der Waals surface area contributed by atoms with E-state index in [-0.39, 0.29) is 5.54 Å². The first-order valence-corrected chi connectivity index (χ1v) is 5.95. The largest absolute Gasteiger partial charge is 0.325 e. The highest BCUT2D eigenvalue weighted by molar-refractivity contribution is 4.87. The fourth-order valence-corrected chi connectivity index (χ4v) is 2.68. The number of hydrogen-bond donors (Lipinski definition) is 1. The quantitative estimate of drug-likeness (QED) is 0.666. The van der Waals surface area contributed by atoms with Gasteiger partial charge in [-0.2, -0.15) is 0 Å². The van der Waals surface area contributed by atoms with E-state index in [4.69, 9.17) is 5.73 Å². The lowest BCUT2D eigenvalue weighted by Crippen LogP contribution is -2.43. The first-order valence-electron chi connectivity index (χ1n) is 5.95. The topological polar surface area (TPSA) is 26.0 Å². The van der Waals surface area contributed by atoms with E-state index >= 15 is 0 Å². The minimum atomic E-state index is 0.110. The summed E-state index contributed by atoms with van der Waals surface area (Å²) in [6.07, 6.45) is 10.8. The van der Waals surface area contributed by atoms with Crippen molar-refractivity contribution in [2.75, 3.05) is 0 Å². The van der Waals surface area contributed by atoms with Crippen LogP contribution in [-0.4, -0.2) is 5.54 Å². The molecule has 0 amide bonds. The zero-order chi connectivity index (χ0) is 9.73. The molecule has 1 nitrogen and oxygen atoms in total. The van der Waals surface area contributed by atoms with Crippen LogP contribution in [0.25, 0.3) is 0 Å². The van der Waals surface area contributed by atoms with Crippen molar-refractivity contribution in [3.8, 4) is 0 Å². The van der Waals surface area contributed by atoms with Crippen LogP contribution >= 0.6 is 0 Å². The van der Waals surface area contributed by atoms with E-state index in [1.165, 1.54) is 51.4 Å². The lowest BCUT2D eigenvalue weighted by Gasteiger charge is -2.33. The predicted molar refractivity (Wildman–Crippen MR) is 58.7 cm³/mol.